The molecule has 2 aromatic carbocycles. The third-order valence-electron chi connectivity index (χ3n) is 5.41. The van der Waals surface area contributed by atoms with E-state index in [2.05, 4.69) is 17.4 Å². The summed E-state index contributed by atoms with van der Waals surface area (Å²) in [6.07, 6.45) is 4.33. The van der Waals surface area contributed by atoms with Crippen molar-refractivity contribution < 1.29 is 18.7 Å². The van der Waals surface area contributed by atoms with E-state index in [-0.39, 0.29) is 17.1 Å². The van der Waals surface area contributed by atoms with Crippen LogP contribution in [0, 0.1) is 5.82 Å². The summed E-state index contributed by atoms with van der Waals surface area (Å²) >= 11 is 0. The van der Waals surface area contributed by atoms with Crippen LogP contribution in [-0.4, -0.2) is 25.7 Å². The second kappa shape index (κ2) is 6.98. The number of benzene rings is 2. The van der Waals surface area contributed by atoms with E-state index in [9.17, 15) is 9.18 Å². The lowest BCUT2D eigenvalue weighted by atomic mass is 9.78. The van der Waals surface area contributed by atoms with Crippen molar-refractivity contribution in [3.8, 4) is 11.5 Å². The molecule has 0 spiro atoms. The van der Waals surface area contributed by atoms with Crippen LogP contribution in [0.3, 0.4) is 0 Å². The first kappa shape index (κ1) is 16.9. The minimum absolute atomic E-state index is 0.0917. The van der Waals surface area contributed by atoms with E-state index in [1.165, 1.54) is 29.8 Å². The molecule has 4 nitrogen and oxygen atoms in total. The quantitative estimate of drug-likeness (QED) is 0.906. The average molecular weight is 355 g/mol. The van der Waals surface area contributed by atoms with E-state index in [1.807, 2.05) is 6.07 Å². The SMILES string of the molecule is O=C(NCC1(c2ccc3c(c2)OCCO3)CCCC1)c1ccc(F)cc1. The van der Waals surface area contributed by atoms with Crippen molar-refractivity contribution in [3.63, 3.8) is 0 Å². The van der Waals surface area contributed by atoms with Crippen LogP contribution in [0.15, 0.2) is 42.5 Å². The third-order valence-corrected chi connectivity index (χ3v) is 5.41. The maximum Gasteiger partial charge on any atom is 0.251 e. The third kappa shape index (κ3) is 3.26. The van der Waals surface area contributed by atoms with E-state index in [0.717, 1.165) is 37.2 Å². The molecular formula is C21H22FNO3. The molecule has 1 amide bonds. The van der Waals surface area contributed by atoms with Crippen LogP contribution >= 0.6 is 0 Å². The molecule has 0 unspecified atom stereocenters. The summed E-state index contributed by atoms with van der Waals surface area (Å²) in [5, 5.41) is 3.05. The van der Waals surface area contributed by atoms with Crippen LogP contribution in [0.4, 0.5) is 4.39 Å². The van der Waals surface area contributed by atoms with E-state index in [4.69, 9.17) is 9.47 Å². The van der Waals surface area contributed by atoms with Gasteiger partial charge in [0.2, 0.25) is 0 Å². The maximum absolute atomic E-state index is 13.0. The van der Waals surface area contributed by atoms with Crippen molar-refractivity contribution in [2.45, 2.75) is 31.1 Å². The van der Waals surface area contributed by atoms with Crippen LogP contribution in [0.1, 0.15) is 41.6 Å². The molecule has 0 aromatic heterocycles. The molecule has 0 bridgehead atoms. The number of rotatable bonds is 4. The number of carbonyl (C=O) groups excluding carboxylic acids is 1. The molecule has 1 N–H and O–H groups in total. The normalized spacial score (nSPS) is 17.7. The molecule has 5 heteroatoms. The first-order valence-corrected chi connectivity index (χ1v) is 9.10. The van der Waals surface area contributed by atoms with Crippen molar-refractivity contribution in [3.05, 3.63) is 59.4 Å². The summed E-state index contributed by atoms with van der Waals surface area (Å²) in [5.74, 6) is 1.05. The van der Waals surface area contributed by atoms with Gasteiger partial charge in [-0.1, -0.05) is 18.9 Å². The summed E-state index contributed by atoms with van der Waals surface area (Å²) in [6.45, 7) is 1.69. The number of hydrogen-bond donors (Lipinski definition) is 1. The Balaban J connectivity index is 1.53. The topological polar surface area (TPSA) is 47.6 Å². The van der Waals surface area contributed by atoms with Crippen LogP contribution in [0.5, 0.6) is 11.5 Å². The number of fused-ring (bicyclic) bond motifs is 1. The van der Waals surface area contributed by atoms with E-state index >= 15 is 0 Å². The Morgan fingerprint density at radius 2 is 1.69 bits per heavy atom. The Labute approximate surface area is 152 Å². The summed E-state index contributed by atoms with van der Waals surface area (Å²) in [7, 11) is 0. The highest BCUT2D eigenvalue weighted by Crippen LogP contribution is 2.43. The lowest BCUT2D eigenvalue weighted by Gasteiger charge is -2.31. The van der Waals surface area contributed by atoms with Gasteiger partial charge in [-0.3, -0.25) is 4.79 Å². The number of carbonyl (C=O) groups is 1. The zero-order valence-electron chi connectivity index (χ0n) is 14.6. The molecule has 26 heavy (non-hydrogen) atoms. The highest BCUT2D eigenvalue weighted by molar-refractivity contribution is 5.94. The predicted molar refractivity (Wildman–Crippen MR) is 96.3 cm³/mol. The van der Waals surface area contributed by atoms with Crippen LogP contribution in [0.25, 0.3) is 0 Å². The molecule has 136 valence electrons. The monoisotopic (exact) mass is 355 g/mol. The second-order valence-corrected chi connectivity index (χ2v) is 7.04. The molecule has 1 fully saturated rings. The van der Waals surface area contributed by atoms with Gasteiger partial charge < -0.3 is 14.8 Å². The molecule has 0 saturated heterocycles. The average Bonchev–Trinajstić information content (AvgIpc) is 3.16. The summed E-state index contributed by atoms with van der Waals surface area (Å²) in [6, 6.07) is 11.7. The Morgan fingerprint density at radius 3 is 2.42 bits per heavy atom. The van der Waals surface area contributed by atoms with Gasteiger partial charge in [0, 0.05) is 17.5 Å². The minimum atomic E-state index is -0.343. The fourth-order valence-electron chi connectivity index (χ4n) is 3.95. The van der Waals surface area contributed by atoms with Gasteiger partial charge >= 0.3 is 0 Å². The van der Waals surface area contributed by atoms with Gasteiger partial charge in [-0.05, 0) is 54.8 Å². The van der Waals surface area contributed by atoms with Gasteiger partial charge in [0.05, 0.1) is 0 Å². The van der Waals surface area contributed by atoms with Gasteiger partial charge in [0.1, 0.15) is 19.0 Å². The number of hydrogen-bond acceptors (Lipinski definition) is 3. The molecule has 1 aliphatic carbocycles. The van der Waals surface area contributed by atoms with Gasteiger partial charge in [-0.15, -0.1) is 0 Å². The fourth-order valence-corrected chi connectivity index (χ4v) is 3.95. The Morgan fingerprint density at radius 1 is 1.00 bits per heavy atom. The molecular weight excluding hydrogens is 333 g/mol. The first-order valence-electron chi connectivity index (χ1n) is 9.10. The van der Waals surface area contributed by atoms with Crippen molar-refractivity contribution in [2.24, 2.45) is 0 Å². The summed E-state index contributed by atoms with van der Waals surface area (Å²) < 4.78 is 24.4. The maximum atomic E-state index is 13.0. The molecule has 2 aliphatic rings. The number of nitrogens with one attached hydrogen (secondary N) is 1. The molecule has 1 heterocycles. The van der Waals surface area contributed by atoms with Crippen molar-refractivity contribution in [1.82, 2.24) is 5.32 Å². The van der Waals surface area contributed by atoms with Gasteiger partial charge in [-0.25, -0.2) is 4.39 Å². The number of amides is 1. The minimum Gasteiger partial charge on any atom is -0.486 e. The van der Waals surface area contributed by atoms with Crippen LogP contribution in [-0.2, 0) is 5.41 Å². The van der Waals surface area contributed by atoms with Crippen molar-refractivity contribution in [2.75, 3.05) is 19.8 Å². The lowest BCUT2D eigenvalue weighted by molar-refractivity contribution is 0.0943. The second-order valence-electron chi connectivity index (χ2n) is 7.04. The van der Waals surface area contributed by atoms with E-state index < -0.39 is 0 Å². The van der Waals surface area contributed by atoms with Crippen LogP contribution in [0.2, 0.25) is 0 Å². The van der Waals surface area contributed by atoms with E-state index in [0.29, 0.717) is 25.3 Å². The van der Waals surface area contributed by atoms with E-state index in [1.54, 1.807) is 0 Å². The smallest absolute Gasteiger partial charge is 0.251 e. The molecule has 2 aromatic rings. The predicted octanol–water partition coefficient (Wildman–Crippen LogP) is 3.84. The standard InChI is InChI=1S/C21H22FNO3/c22-17-6-3-15(4-7-17)20(24)23-14-21(9-1-2-10-21)16-5-8-18-19(13-16)26-12-11-25-18/h3-8,13H,1-2,9-12,14H2,(H,23,24). The molecule has 4 rings (SSSR count). The van der Waals surface area contributed by atoms with Crippen molar-refractivity contribution >= 4 is 5.91 Å². The largest absolute Gasteiger partial charge is 0.486 e. The Bertz CT molecular complexity index is 797. The number of ether oxygens (including phenoxy) is 2. The Hall–Kier alpha value is -2.56. The van der Waals surface area contributed by atoms with Gasteiger partial charge in [0.25, 0.3) is 5.91 Å². The molecule has 0 radical (unpaired) electrons. The lowest BCUT2D eigenvalue weighted by Crippen LogP contribution is -2.39. The molecule has 0 atom stereocenters. The summed E-state index contributed by atoms with van der Waals surface area (Å²) in [4.78, 5) is 12.4. The van der Waals surface area contributed by atoms with Crippen LogP contribution < -0.4 is 14.8 Å². The Kier molecular flexibility index (Phi) is 4.53. The van der Waals surface area contributed by atoms with Gasteiger partial charge in [-0.2, -0.15) is 0 Å². The zero-order valence-corrected chi connectivity index (χ0v) is 14.6. The summed E-state index contributed by atoms with van der Waals surface area (Å²) in [5.41, 5.74) is 1.56. The van der Waals surface area contributed by atoms with Gasteiger partial charge in [0.15, 0.2) is 11.5 Å². The highest BCUT2D eigenvalue weighted by Gasteiger charge is 2.36. The molecule has 1 saturated carbocycles. The fraction of sp³-hybridized carbons (Fsp3) is 0.381. The number of halogens is 1. The zero-order chi connectivity index (χ0) is 18.0. The first-order chi connectivity index (χ1) is 12.7. The van der Waals surface area contributed by atoms with Crippen molar-refractivity contribution in [1.29, 1.82) is 0 Å². The highest BCUT2D eigenvalue weighted by atomic mass is 19.1. The molecule has 1 aliphatic heterocycles.